The van der Waals surface area contributed by atoms with Crippen molar-refractivity contribution in [3.05, 3.63) is 45.9 Å². The monoisotopic (exact) mass is 373 g/mol. The zero-order chi connectivity index (χ0) is 18.2. The number of thiazole rings is 1. The maximum absolute atomic E-state index is 12.1. The minimum atomic E-state index is 0.0561. The Labute approximate surface area is 159 Å². The normalized spacial score (nSPS) is 15.0. The third kappa shape index (κ3) is 5.81. The molecule has 5 nitrogen and oxygen atoms in total. The van der Waals surface area contributed by atoms with Crippen LogP contribution in [0.2, 0.25) is 0 Å². The summed E-state index contributed by atoms with van der Waals surface area (Å²) in [5.74, 6) is 0.882. The van der Waals surface area contributed by atoms with E-state index in [4.69, 9.17) is 4.74 Å². The van der Waals surface area contributed by atoms with Crippen molar-refractivity contribution in [2.75, 3.05) is 20.2 Å². The second-order valence-corrected chi connectivity index (χ2v) is 7.64. The standard InChI is InChI=1S/C20H27N3O2S/c1-25-18-7-5-6-16(12-18)8-9-19(24)21-13-20-22-17(15-26-20)14-23-10-3-2-4-11-23/h5-7,12,15H,2-4,8-11,13-14H2,1H3,(H,21,24). The number of aromatic nitrogens is 1. The lowest BCUT2D eigenvalue weighted by molar-refractivity contribution is -0.121. The van der Waals surface area contributed by atoms with E-state index in [9.17, 15) is 4.79 Å². The predicted molar refractivity (Wildman–Crippen MR) is 104 cm³/mol. The number of ether oxygens (including phenoxy) is 1. The summed E-state index contributed by atoms with van der Waals surface area (Å²) in [7, 11) is 1.65. The maximum atomic E-state index is 12.1. The van der Waals surface area contributed by atoms with Gasteiger partial charge in [0.15, 0.2) is 0 Å². The molecule has 1 fully saturated rings. The summed E-state index contributed by atoms with van der Waals surface area (Å²) in [4.78, 5) is 19.2. The molecule has 26 heavy (non-hydrogen) atoms. The zero-order valence-electron chi connectivity index (χ0n) is 15.4. The fraction of sp³-hybridized carbons (Fsp3) is 0.500. The summed E-state index contributed by atoms with van der Waals surface area (Å²) in [6, 6.07) is 7.85. The lowest BCUT2D eigenvalue weighted by Crippen LogP contribution is -2.29. The SMILES string of the molecule is COc1cccc(CCC(=O)NCc2nc(CN3CCCCC3)cs2)c1. The highest BCUT2D eigenvalue weighted by molar-refractivity contribution is 7.09. The zero-order valence-corrected chi connectivity index (χ0v) is 16.2. The van der Waals surface area contributed by atoms with E-state index >= 15 is 0 Å². The van der Waals surface area contributed by atoms with Crippen molar-refractivity contribution < 1.29 is 9.53 Å². The highest BCUT2D eigenvalue weighted by Crippen LogP contribution is 2.16. The first-order valence-electron chi connectivity index (χ1n) is 9.28. The minimum absolute atomic E-state index is 0.0561. The first-order chi connectivity index (χ1) is 12.7. The topological polar surface area (TPSA) is 54.5 Å². The van der Waals surface area contributed by atoms with E-state index in [0.29, 0.717) is 19.4 Å². The van der Waals surface area contributed by atoms with Crippen molar-refractivity contribution >= 4 is 17.2 Å². The Hall–Kier alpha value is -1.92. The Balaban J connectivity index is 1.40. The Morgan fingerprint density at radius 3 is 2.96 bits per heavy atom. The summed E-state index contributed by atoms with van der Waals surface area (Å²) in [5, 5.41) is 6.07. The van der Waals surface area contributed by atoms with E-state index in [-0.39, 0.29) is 5.91 Å². The van der Waals surface area contributed by atoms with E-state index in [2.05, 4.69) is 20.6 Å². The largest absolute Gasteiger partial charge is 0.497 e. The lowest BCUT2D eigenvalue weighted by atomic mass is 10.1. The second-order valence-electron chi connectivity index (χ2n) is 6.70. The summed E-state index contributed by atoms with van der Waals surface area (Å²) in [6.07, 6.45) is 5.11. The number of amides is 1. The first-order valence-corrected chi connectivity index (χ1v) is 10.2. The molecule has 0 aliphatic carbocycles. The van der Waals surface area contributed by atoms with Gasteiger partial charge in [0.25, 0.3) is 0 Å². The summed E-state index contributed by atoms with van der Waals surface area (Å²) < 4.78 is 5.21. The highest BCUT2D eigenvalue weighted by Gasteiger charge is 2.12. The Bertz CT molecular complexity index is 711. The Kier molecular flexibility index (Phi) is 7.03. The van der Waals surface area contributed by atoms with Gasteiger partial charge in [-0.15, -0.1) is 11.3 Å². The smallest absolute Gasteiger partial charge is 0.220 e. The van der Waals surface area contributed by atoms with Crippen molar-refractivity contribution in [1.82, 2.24) is 15.2 Å². The van der Waals surface area contributed by atoms with Crippen LogP contribution in [0, 0.1) is 0 Å². The summed E-state index contributed by atoms with van der Waals surface area (Å²) in [5.41, 5.74) is 2.23. The third-order valence-electron chi connectivity index (χ3n) is 4.65. The van der Waals surface area contributed by atoms with E-state index in [1.807, 2.05) is 24.3 Å². The van der Waals surface area contributed by atoms with Gasteiger partial charge in [-0.25, -0.2) is 4.98 Å². The van der Waals surface area contributed by atoms with Gasteiger partial charge in [-0.1, -0.05) is 18.6 Å². The molecule has 0 bridgehead atoms. The van der Waals surface area contributed by atoms with Crippen LogP contribution in [0.4, 0.5) is 0 Å². The molecule has 1 aliphatic heterocycles. The number of rotatable bonds is 8. The fourth-order valence-corrected chi connectivity index (χ4v) is 3.92. The van der Waals surface area contributed by atoms with Gasteiger partial charge in [-0.05, 0) is 50.0 Å². The second kappa shape index (κ2) is 9.69. The van der Waals surface area contributed by atoms with E-state index in [1.54, 1.807) is 18.4 Å². The van der Waals surface area contributed by atoms with Gasteiger partial charge in [0.2, 0.25) is 5.91 Å². The van der Waals surface area contributed by atoms with E-state index in [1.165, 1.54) is 32.4 Å². The van der Waals surface area contributed by atoms with Crippen molar-refractivity contribution in [3.63, 3.8) is 0 Å². The molecule has 1 aromatic carbocycles. The molecule has 0 saturated carbocycles. The molecule has 0 unspecified atom stereocenters. The molecular weight excluding hydrogens is 346 g/mol. The number of hydrogen-bond donors (Lipinski definition) is 1. The maximum Gasteiger partial charge on any atom is 0.220 e. The van der Waals surface area contributed by atoms with Crippen molar-refractivity contribution in [3.8, 4) is 5.75 Å². The summed E-state index contributed by atoms with van der Waals surface area (Å²) in [6.45, 7) is 3.80. The molecular formula is C20H27N3O2S. The van der Waals surface area contributed by atoms with Gasteiger partial charge in [-0.3, -0.25) is 9.69 Å². The number of carbonyl (C=O) groups is 1. The molecule has 0 spiro atoms. The van der Waals surface area contributed by atoms with Gasteiger partial charge in [-0.2, -0.15) is 0 Å². The number of hydrogen-bond acceptors (Lipinski definition) is 5. The highest BCUT2D eigenvalue weighted by atomic mass is 32.1. The Morgan fingerprint density at radius 2 is 2.15 bits per heavy atom. The molecule has 0 radical (unpaired) electrons. The van der Waals surface area contributed by atoms with Crippen LogP contribution in [0.1, 0.15) is 41.9 Å². The molecule has 1 amide bonds. The molecule has 1 N–H and O–H groups in total. The van der Waals surface area contributed by atoms with Gasteiger partial charge in [0.05, 0.1) is 19.3 Å². The van der Waals surface area contributed by atoms with E-state index in [0.717, 1.165) is 28.6 Å². The molecule has 1 aliphatic rings. The number of nitrogens with one attached hydrogen (secondary N) is 1. The quantitative estimate of drug-likeness (QED) is 0.771. The molecule has 1 saturated heterocycles. The van der Waals surface area contributed by atoms with Gasteiger partial charge in [0.1, 0.15) is 10.8 Å². The van der Waals surface area contributed by atoms with Crippen molar-refractivity contribution in [2.45, 2.75) is 45.2 Å². The van der Waals surface area contributed by atoms with Crippen LogP contribution in [-0.2, 0) is 24.3 Å². The van der Waals surface area contributed by atoms with Crippen LogP contribution in [0.5, 0.6) is 5.75 Å². The van der Waals surface area contributed by atoms with Crippen LogP contribution >= 0.6 is 11.3 Å². The molecule has 3 rings (SSSR count). The van der Waals surface area contributed by atoms with E-state index < -0.39 is 0 Å². The van der Waals surface area contributed by atoms with Crippen molar-refractivity contribution in [1.29, 1.82) is 0 Å². The molecule has 2 heterocycles. The molecule has 0 atom stereocenters. The number of benzene rings is 1. The van der Waals surface area contributed by atoms with Gasteiger partial charge < -0.3 is 10.1 Å². The minimum Gasteiger partial charge on any atom is -0.497 e. The predicted octanol–water partition coefficient (Wildman–Crippen LogP) is 3.39. The molecule has 140 valence electrons. The third-order valence-corrected chi connectivity index (χ3v) is 5.54. The average Bonchev–Trinajstić information content (AvgIpc) is 3.13. The average molecular weight is 374 g/mol. The molecule has 2 aromatic rings. The number of nitrogens with zero attached hydrogens (tertiary/aromatic N) is 2. The lowest BCUT2D eigenvalue weighted by Gasteiger charge is -2.25. The summed E-state index contributed by atoms with van der Waals surface area (Å²) >= 11 is 1.63. The van der Waals surface area contributed by atoms with Crippen LogP contribution in [0.3, 0.4) is 0 Å². The van der Waals surface area contributed by atoms with Gasteiger partial charge in [0, 0.05) is 18.3 Å². The first kappa shape index (κ1) is 18.9. The number of aryl methyl sites for hydroxylation is 1. The number of piperidine rings is 1. The molecule has 1 aromatic heterocycles. The van der Waals surface area contributed by atoms with Crippen LogP contribution in [0.15, 0.2) is 29.6 Å². The van der Waals surface area contributed by atoms with Gasteiger partial charge >= 0.3 is 0 Å². The van der Waals surface area contributed by atoms with Crippen molar-refractivity contribution in [2.24, 2.45) is 0 Å². The molecule has 6 heteroatoms. The number of likely N-dealkylation sites (tertiary alicyclic amines) is 1. The fourth-order valence-electron chi connectivity index (χ4n) is 3.20. The van der Waals surface area contributed by atoms with Crippen LogP contribution < -0.4 is 10.1 Å². The number of carbonyl (C=O) groups excluding carboxylic acids is 1. The van der Waals surface area contributed by atoms with Crippen LogP contribution in [0.25, 0.3) is 0 Å². The number of methoxy groups -OCH3 is 1. The van der Waals surface area contributed by atoms with Crippen LogP contribution in [-0.4, -0.2) is 36.0 Å². The Morgan fingerprint density at radius 1 is 1.31 bits per heavy atom.